The van der Waals surface area contributed by atoms with Crippen molar-refractivity contribution in [2.24, 2.45) is 17.3 Å². The summed E-state index contributed by atoms with van der Waals surface area (Å²) >= 11 is 12.5. The Morgan fingerprint density at radius 1 is 1.31 bits per heavy atom. The van der Waals surface area contributed by atoms with Crippen LogP contribution in [-0.2, 0) is 9.53 Å². The van der Waals surface area contributed by atoms with Crippen molar-refractivity contribution < 1.29 is 19.1 Å². The van der Waals surface area contributed by atoms with Crippen LogP contribution in [0.5, 0.6) is 0 Å². The fourth-order valence-electron chi connectivity index (χ4n) is 3.20. The average molecular weight is 418 g/mol. The number of rotatable bonds is 6. The van der Waals surface area contributed by atoms with E-state index in [2.05, 4.69) is 5.32 Å². The van der Waals surface area contributed by atoms with E-state index in [9.17, 15) is 14.4 Å². The van der Waals surface area contributed by atoms with Crippen LogP contribution < -0.4 is 5.32 Å². The van der Waals surface area contributed by atoms with Gasteiger partial charge in [-0.2, -0.15) is 0 Å². The minimum absolute atomic E-state index is 0.0909. The SMILES string of the molecule is CCOC(=O)c1c(NC(=O)[C@H]2[C@@H](C=C(Cl)Cl)C2(C)C)sc(C(C)=O)c1C. The number of ketones is 1. The summed E-state index contributed by atoms with van der Waals surface area (Å²) in [6.07, 6.45) is 1.65. The van der Waals surface area contributed by atoms with Crippen molar-refractivity contribution in [2.45, 2.75) is 34.6 Å². The smallest absolute Gasteiger partial charge is 0.341 e. The molecular weight excluding hydrogens is 397 g/mol. The molecule has 1 heterocycles. The number of allylic oxidation sites excluding steroid dienone is 1. The molecule has 1 fully saturated rings. The minimum Gasteiger partial charge on any atom is -0.462 e. The van der Waals surface area contributed by atoms with E-state index in [1.165, 1.54) is 6.92 Å². The van der Waals surface area contributed by atoms with Crippen LogP contribution in [0.1, 0.15) is 53.3 Å². The lowest BCUT2D eigenvalue weighted by molar-refractivity contribution is -0.118. The molecule has 142 valence electrons. The number of anilines is 1. The van der Waals surface area contributed by atoms with Crippen LogP contribution in [0.25, 0.3) is 0 Å². The lowest BCUT2D eigenvalue weighted by Crippen LogP contribution is -2.18. The molecule has 1 aliphatic rings. The van der Waals surface area contributed by atoms with Gasteiger partial charge in [0.2, 0.25) is 5.91 Å². The number of thiophene rings is 1. The first-order valence-corrected chi connectivity index (χ1v) is 9.74. The number of carbonyl (C=O) groups is 3. The fraction of sp³-hybridized carbons (Fsp3) is 0.500. The number of hydrogen-bond donors (Lipinski definition) is 1. The van der Waals surface area contributed by atoms with Crippen LogP contribution in [0.4, 0.5) is 5.00 Å². The quantitative estimate of drug-likeness (QED) is 0.523. The van der Waals surface area contributed by atoms with Crippen LogP contribution in [0.2, 0.25) is 0 Å². The van der Waals surface area contributed by atoms with Crippen molar-refractivity contribution in [2.75, 3.05) is 11.9 Å². The summed E-state index contributed by atoms with van der Waals surface area (Å²) in [5, 5.41) is 3.13. The molecule has 0 aliphatic heterocycles. The Hall–Kier alpha value is -1.37. The van der Waals surface area contributed by atoms with Gasteiger partial charge >= 0.3 is 5.97 Å². The van der Waals surface area contributed by atoms with Crippen molar-refractivity contribution >= 4 is 57.2 Å². The van der Waals surface area contributed by atoms with Gasteiger partial charge in [0.05, 0.1) is 23.0 Å². The van der Waals surface area contributed by atoms with E-state index in [4.69, 9.17) is 27.9 Å². The Bertz CT molecular complexity index is 793. The predicted molar refractivity (Wildman–Crippen MR) is 104 cm³/mol. The highest BCUT2D eigenvalue weighted by Crippen LogP contribution is 2.60. The molecule has 1 aromatic rings. The van der Waals surface area contributed by atoms with Gasteiger partial charge in [-0.3, -0.25) is 9.59 Å². The summed E-state index contributed by atoms with van der Waals surface area (Å²) in [5.41, 5.74) is 0.460. The maximum atomic E-state index is 12.7. The highest BCUT2D eigenvalue weighted by Gasteiger charge is 2.60. The topological polar surface area (TPSA) is 72.5 Å². The largest absolute Gasteiger partial charge is 0.462 e. The second kappa shape index (κ2) is 7.71. The molecular formula is C18H21Cl2NO4S. The van der Waals surface area contributed by atoms with Crippen molar-refractivity contribution in [3.63, 3.8) is 0 Å². The summed E-state index contributed by atoms with van der Waals surface area (Å²) in [6, 6.07) is 0. The van der Waals surface area contributed by atoms with E-state index in [1.54, 1.807) is 19.9 Å². The second-order valence-electron chi connectivity index (χ2n) is 6.81. The third-order valence-electron chi connectivity index (χ3n) is 4.68. The number of halogens is 2. The van der Waals surface area contributed by atoms with Gasteiger partial charge in [-0.15, -0.1) is 11.3 Å². The van der Waals surface area contributed by atoms with E-state index in [0.717, 1.165) is 11.3 Å². The number of Topliss-reactive ketones (excluding diaryl/α,β-unsaturated/α-hetero) is 1. The summed E-state index contributed by atoms with van der Waals surface area (Å²) in [6.45, 7) is 8.89. The molecule has 1 amide bonds. The lowest BCUT2D eigenvalue weighted by atomic mass is 10.1. The van der Waals surface area contributed by atoms with E-state index in [0.29, 0.717) is 15.4 Å². The first kappa shape index (κ1) is 20.9. The molecule has 1 N–H and O–H groups in total. The molecule has 0 saturated heterocycles. The molecule has 0 aromatic carbocycles. The predicted octanol–water partition coefficient (Wildman–Crippen LogP) is 4.97. The van der Waals surface area contributed by atoms with Gasteiger partial charge in [-0.05, 0) is 43.7 Å². The first-order valence-electron chi connectivity index (χ1n) is 8.17. The van der Waals surface area contributed by atoms with Crippen LogP contribution in [-0.4, -0.2) is 24.3 Å². The first-order chi connectivity index (χ1) is 12.0. The monoisotopic (exact) mass is 417 g/mol. The third kappa shape index (κ3) is 3.97. The summed E-state index contributed by atoms with van der Waals surface area (Å²) < 4.78 is 5.20. The third-order valence-corrected chi connectivity index (χ3v) is 6.24. The van der Waals surface area contributed by atoms with E-state index >= 15 is 0 Å². The Balaban J connectivity index is 2.33. The van der Waals surface area contributed by atoms with Gasteiger partial charge in [-0.1, -0.05) is 37.0 Å². The van der Waals surface area contributed by atoms with Gasteiger partial charge in [0, 0.05) is 0 Å². The Morgan fingerprint density at radius 2 is 1.92 bits per heavy atom. The van der Waals surface area contributed by atoms with Gasteiger partial charge in [0.1, 0.15) is 9.49 Å². The molecule has 26 heavy (non-hydrogen) atoms. The number of nitrogens with one attached hydrogen (secondary N) is 1. The number of ether oxygens (including phenoxy) is 1. The molecule has 2 atom stereocenters. The molecule has 0 unspecified atom stereocenters. The Morgan fingerprint density at radius 3 is 2.42 bits per heavy atom. The number of carbonyl (C=O) groups excluding carboxylic acids is 3. The molecule has 8 heteroatoms. The van der Waals surface area contributed by atoms with Crippen LogP contribution in [0.15, 0.2) is 10.6 Å². The Labute approximate surface area is 166 Å². The molecule has 0 bridgehead atoms. The van der Waals surface area contributed by atoms with Crippen molar-refractivity contribution in [1.29, 1.82) is 0 Å². The van der Waals surface area contributed by atoms with Gasteiger partial charge in [-0.25, -0.2) is 4.79 Å². The zero-order valence-corrected chi connectivity index (χ0v) is 17.6. The second-order valence-corrected chi connectivity index (χ2v) is 8.84. The standard InChI is InChI=1S/C18H21Cl2NO4S/c1-6-25-17(24)12-8(2)14(9(3)22)26-16(12)21-15(23)13-10(7-11(19)20)18(13,4)5/h7,10,13H,6H2,1-5H3,(H,21,23)/t10-,13-/m1/s1. The molecule has 0 radical (unpaired) electrons. The summed E-state index contributed by atoms with van der Waals surface area (Å²) in [7, 11) is 0. The van der Waals surface area contributed by atoms with E-state index in [-0.39, 0.29) is 45.6 Å². The van der Waals surface area contributed by atoms with Crippen molar-refractivity contribution in [3.8, 4) is 0 Å². The zero-order valence-electron chi connectivity index (χ0n) is 15.2. The lowest BCUT2D eigenvalue weighted by Gasteiger charge is -2.07. The van der Waals surface area contributed by atoms with E-state index in [1.807, 2.05) is 13.8 Å². The number of esters is 1. The van der Waals surface area contributed by atoms with E-state index < -0.39 is 5.97 Å². The normalized spacial score (nSPS) is 20.3. The molecule has 5 nitrogen and oxygen atoms in total. The highest BCUT2D eigenvalue weighted by molar-refractivity contribution is 7.18. The van der Waals surface area contributed by atoms with Gasteiger partial charge < -0.3 is 10.1 Å². The molecule has 2 rings (SSSR count). The maximum absolute atomic E-state index is 12.7. The van der Waals surface area contributed by atoms with Crippen LogP contribution in [0.3, 0.4) is 0 Å². The highest BCUT2D eigenvalue weighted by atomic mass is 35.5. The summed E-state index contributed by atoms with van der Waals surface area (Å²) in [4.78, 5) is 37.3. The van der Waals surface area contributed by atoms with Crippen LogP contribution >= 0.6 is 34.5 Å². The van der Waals surface area contributed by atoms with Gasteiger partial charge in [0.15, 0.2) is 5.78 Å². The molecule has 1 aromatic heterocycles. The zero-order chi connectivity index (χ0) is 19.8. The number of amides is 1. The molecule has 1 saturated carbocycles. The Kier molecular flexibility index (Phi) is 6.20. The van der Waals surface area contributed by atoms with Gasteiger partial charge in [0.25, 0.3) is 0 Å². The average Bonchev–Trinajstić information content (AvgIpc) is 2.87. The van der Waals surface area contributed by atoms with Crippen LogP contribution in [0, 0.1) is 24.2 Å². The maximum Gasteiger partial charge on any atom is 0.341 e. The van der Waals surface area contributed by atoms with Crippen molar-refractivity contribution in [1.82, 2.24) is 0 Å². The fourth-order valence-corrected chi connectivity index (χ4v) is 4.57. The summed E-state index contributed by atoms with van der Waals surface area (Å²) in [5.74, 6) is -1.38. The minimum atomic E-state index is -0.556. The van der Waals surface area contributed by atoms with Crippen molar-refractivity contribution in [3.05, 3.63) is 26.6 Å². The molecule has 0 spiro atoms. The molecule has 1 aliphatic carbocycles. The number of hydrogen-bond acceptors (Lipinski definition) is 5.